The molecule has 3 aromatic rings. The van der Waals surface area contributed by atoms with E-state index in [4.69, 9.17) is 14.5 Å². The van der Waals surface area contributed by atoms with Gasteiger partial charge in [-0.05, 0) is 46.2 Å². The number of phosphoric acid groups is 1. The number of rotatable bonds is 5. The minimum absolute atomic E-state index is 0.375. The summed E-state index contributed by atoms with van der Waals surface area (Å²) in [6, 6.07) is 9.06. The van der Waals surface area contributed by atoms with Crippen LogP contribution in [-0.4, -0.2) is 59.8 Å². The zero-order valence-electron chi connectivity index (χ0n) is 16.2. The van der Waals surface area contributed by atoms with E-state index in [-0.39, 0.29) is 12.6 Å². The van der Waals surface area contributed by atoms with E-state index in [0.29, 0.717) is 23.6 Å². The van der Waals surface area contributed by atoms with Crippen LogP contribution in [-0.2, 0) is 27.3 Å². The number of fused-ring (bicyclic) bond motifs is 3. The van der Waals surface area contributed by atoms with Crippen molar-refractivity contribution in [3.05, 3.63) is 42.1 Å². The van der Waals surface area contributed by atoms with Crippen molar-refractivity contribution in [3.63, 3.8) is 0 Å². The number of hydrogen-bond donors (Lipinski definition) is 2. The zero-order valence-corrected chi connectivity index (χ0v) is 17.1. The van der Waals surface area contributed by atoms with Gasteiger partial charge in [0.15, 0.2) is 5.82 Å². The second-order valence-corrected chi connectivity index (χ2v) is 8.49. The van der Waals surface area contributed by atoms with Crippen LogP contribution in [0.15, 0.2) is 36.5 Å². The van der Waals surface area contributed by atoms with Crippen LogP contribution in [0.4, 0.5) is 10.5 Å². The first-order chi connectivity index (χ1) is 14.8. The number of pyridine rings is 1. The molecule has 2 aliphatic rings. The Kier molecular flexibility index (Phi) is 4.59. The molecule has 1 amide bonds. The Balaban J connectivity index is 1.38. The summed E-state index contributed by atoms with van der Waals surface area (Å²) in [6.45, 7) is -0.375. The van der Waals surface area contributed by atoms with Crippen LogP contribution in [0.3, 0.4) is 0 Å². The number of carbonyl (C=O) groups is 1. The number of amides is 1. The Morgan fingerprint density at radius 1 is 1.26 bits per heavy atom. The normalized spacial score (nSPS) is 20.0. The second-order valence-electron chi connectivity index (χ2n) is 7.25. The molecule has 0 saturated carbocycles. The molecular weight excluding hydrogens is 427 g/mol. The van der Waals surface area contributed by atoms with E-state index in [1.165, 1.54) is 9.58 Å². The highest BCUT2D eigenvalue weighted by molar-refractivity contribution is 7.46. The number of cyclic esters (lactones) is 1. The first-order valence-corrected chi connectivity index (χ1v) is 10.9. The molecule has 12 nitrogen and oxygen atoms in total. The summed E-state index contributed by atoms with van der Waals surface area (Å²) < 4.78 is 22.3. The lowest BCUT2D eigenvalue weighted by Crippen LogP contribution is -2.35. The summed E-state index contributed by atoms with van der Waals surface area (Å²) in [5.41, 5.74) is 4.10. The standard InChI is InChI=1S/C18H17N6O6P/c1-23-17(20-21-22-23)13-4-2-11(8-19-13)10-3-5-14-12(6-10)7-15-16(9-29-31(26,27)28)30-18(25)24(14)15/h2-6,8,15-16H,7,9H2,1H3,(H2,26,27,28)/t15-,16-/m0/s1. The quantitative estimate of drug-likeness (QED) is 0.551. The summed E-state index contributed by atoms with van der Waals surface area (Å²) in [5, 5.41) is 11.4. The zero-order chi connectivity index (χ0) is 21.8. The summed E-state index contributed by atoms with van der Waals surface area (Å²) in [7, 11) is -2.91. The van der Waals surface area contributed by atoms with E-state index in [9.17, 15) is 9.36 Å². The third-order valence-electron chi connectivity index (χ3n) is 5.33. The summed E-state index contributed by atoms with van der Waals surface area (Å²) >= 11 is 0. The van der Waals surface area contributed by atoms with Crippen LogP contribution in [0, 0.1) is 0 Å². The van der Waals surface area contributed by atoms with Gasteiger partial charge in [0.05, 0.1) is 18.3 Å². The lowest BCUT2D eigenvalue weighted by atomic mass is 10.0. The molecule has 5 rings (SSSR count). The number of phosphoric ester groups is 1. The maximum absolute atomic E-state index is 12.3. The monoisotopic (exact) mass is 444 g/mol. The molecule has 1 aromatic carbocycles. The van der Waals surface area contributed by atoms with Gasteiger partial charge in [-0.2, -0.15) is 0 Å². The number of anilines is 1. The van der Waals surface area contributed by atoms with Gasteiger partial charge in [0.1, 0.15) is 11.8 Å². The maximum Gasteiger partial charge on any atom is 0.469 e. The van der Waals surface area contributed by atoms with Crippen molar-refractivity contribution in [1.82, 2.24) is 25.2 Å². The molecule has 0 unspecified atom stereocenters. The van der Waals surface area contributed by atoms with Crippen LogP contribution in [0.5, 0.6) is 0 Å². The van der Waals surface area contributed by atoms with Gasteiger partial charge < -0.3 is 14.5 Å². The van der Waals surface area contributed by atoms with Gasteiger partial charge in [0, 0.05) is 18.8 Å². The molecule has 13 heteroatoms. The van der Waals surface area contributed by atoms with Crippen LogP contribution in [0.1, 0.15) is 5.56 Å². The molecular formula is C18H17N6O6P. The van der Waals surface area contributed by atoms with Crippen LogP contribution >= 0.6 is 7.82 Å². The number of hydrogen-bond acceptors (Lipinski definition) is 8. The minimum atomic E-state index is -4.65. The number of ether oxygens (including phenoxy) is 1. The van der Waals surface area contributed by atoms with Crippen molar-refractivity contribution in [1.29, 1.82) is 0 Å². The number of aryl methyl sites for hydroxylation is 1. The molecule has 2 aromatic heterocycles. The smallest absolute Gasteiger partial charge is 0.441 e. The van der Waals surface area contributed by atoms with E-state index >= 15 is 0 Å². The van der Waals surface area contributed by atoms with Crippen molar-refractivity contribution in [2.75, 3.05) is 11.5 Å². The molecule has 0 aliphatic carbocycles. The Morgan fingerprint density at radius 2 is 2.06 bits per heavy atom. The fraction of sp³-hybridized carbons (Fsp3) is 0.278. The summed E-state index contributed by atoms with van der Waals surface area (Å²) in [5.74, 6) is 0.559. The van der Waals surface area contributed by atoms with Crippen molar-refractivity contribution in [3.8, 4) is 22.6 Å². The van der Waals surface area contributed by atoms with Gasteiger partial charge in [-0.15, -0.1) is 5.10 Å². The lowest BCUT2D eigenvalue weighted by molar-refractivity contribution is 0.0761. The molecule has 2 atom stereocenters. The minimum Gasteiger partial charge on any atom is -0.441 e. The summed E-state index contributed by atoms with van der Waals surface area (Å²) in [4.78, 5) is 36.1. The highest BCUT2D eigenvalue weighted by Crippen LogP contribution is 2.42. The highest BCUT2D eigenvalue weighted by atomic mass is 31.2. The van der Waals surface area contributed by atoms with Gasteiger partial charge in [0.25, 0.3) is 0 Å². The van der Waals surface area contributed by atoms with Gasteiger partial charge >= 0.3 is 13.9 Å². The van der Waals surface area contributed by atoms with E-state index < -0.39 is 20.0 Å². The van der Waals surface area contributed by atoms with E-state index in [2.05, 4.69) is 25.0 Å². The predicted molar refractivity (Wildman–Crippen MR) is 106 cm³/mol. The molecule has 0 spiro atoms. The first-order valence-electron chi connectivity index (χ1n) is 9.32. The van der Waals surface area contributed by atoms with Crippen molar-refractivity contribution < 1.29 is 28.4 Å². The Labute approximate surface area is 175 Å². The Hall–Kier alpha value is -3.18. The van der Waals surface area contributed by atoms with Crippen molar-refractivity contribution in [2.24, 2.45) is 7.05 Å². The highest BCUT2D eigenvalue weighted by Gasteiger charge is 2.48. The number of aromatic nitrogens is 5. The fourth-order valence-corrected chi connectivity index (χ4v) is 4.26. The van der Waals surface area contributed by atoms with Gasteiger partial charge in [0.2, 0.25) is 0 Å². The molecule has 2 N–H and O–H groups in total. The Morgan fingerprint density at radius 3 is 2.74 bits per heavy atom. The molecule has 2 aliphatic heterocycles. The van der Waals surface area contributed by atoms with Crippen LogP contribution in [0.25, 0.3) is 22.6 Å². The fourth-order valence-electron chi connectivity index (χ4n) is 3.91. The molecule has 4 heterocycles. The largest absolute Gasteiger partial charge is 0.469 e. The topological polar surface area (TPSA) is 153 Å². The number of nitrogens with zero attached hydrogens (tertiary/aromatic N) is 6. The SMILES string of the molecule is Cn1nnnc1-c1ccc(-c2ccc3c(c2)C[C@H]2[C@H](COP(=O)(O)O)OC(=O)N32)cn1. The van der Waals surface area contributed by atoms with E-state index in [0.717, 1.165) is 16.7 Å². The molecule has 31 heavy (non-hydrogen) atoms. The van der Waals surface area contributed by atoms with Gasteiger partial charge in [-0.25, -0.2) is 14.0 Å². The first kappa shape index (κ1) is 19.8. The van der Waals surface area contributed by atoms with E-state index in [1.807, 2.05) is 30.3 Å². The van der Waals surface area contributed by atoms with Crippen LogP contribution in [0.2, 0.25) is 0 Å². The molecule has 1 saturated heterocycles. The number of carbonyl (C=O) groups excluding carboxylic acids is 1. The number of tetrazole rings is 1. The second kappa shape index (κ2) is 7.20. The van der Waals surface area contributed by atoms with Gasteiger partial charge in [-0.1, -0.05) is 12.1 Å². The van der Waals surface area contributed by atoms with Gasteiger partial charge in [-0.3, -0.25) is 14.4 Å². The third-order valence-corrected chi connectivity index (χ3v) is 5.82. The average Bonchev–Trinajstić information content (AvgIpc) is 3.40. The molecule has 1 fully saturated rings. The van der Waals surface area contributed by atoms with Crippen LogP contribution < -0.4 is 4.90 Å². The molecule has 0 radical (unpaired) electrons. The molecule has 0 bridgehead atoms. The van der Waals surface area contributed by atoms with Crippen molar-refractivity contribution >= 4 is 19.6 Å². The predicted octanol–water partition coefficient (Wildman–Crippen LogP) is 1.30. The third kappa shape index (κ3) is 3.59. The Bertz CT molecular complexity index is 1210. The number of benzene rings is 1. The van der Waals surface area contributed by atoms with Crippen molar-refractivity contribution in [2.45, 2.75) is 18.6 Å². The van der Waals surface area contributed by atoms with E-state index in [1.54, 1.807) is 13.2 Å². The lowest BCUT2D eigenvalue weighted by Gasteiger charge is -2.16. The summed E-state index contributed by atoms with van der Waals surface area (Å²) in [6.07, 6.45) is 0.892. The maximum atomic E-state index is 12.3. The molecule has 160 valence electrons. The average molecular weight is 444 g/mol.